The van der Waals surface area contributed by atoms with Crippen LogP contribution < -0.4 is 11.0 Å². The predicted molar refractivity (Wildman–Crippen MR) is 53.1 cm³/mol. The third-order valence-electron chi connectivity index (χ3n) is 2.64. The zero-order valence-corrected chi connectivity index (χ0v) is 8.42. The third kappa shape index (κ3) is 1.72. The SMILES string of the molecule is CCn1nc(C2CCCCN2)[nH]c1=O. The van der Waals surface area contributed by atoms with Crippen LogP contribution in [0.2, 0.25) is 0 Å². The normalized spacial score (nSPS) is 22.5. The fourth-order valence-corrected chi connectivity index (χ4v) is 1.83. The standard InChI is InChI=1S/C9H16N4O/c1-2-13-9(14)11-8(12-13)7-5-3-4-6-10-7/h7,10H,2-6H2,1H3,(H,11,12,14). The highest BCUT2D eigenvalue weighted by Crippen LogP contribution is 2.18. The molecule has 1 aliphatic rings. The van der Waals surface area contributed by atoms with Gasteiger partial charge in [-0.3, -0.25) is 4.98 Å². The van der Waals surface area contributed by atoms with Gasteiger partial charge in [0.05, 0.1) is 6.04 Å². The number of aromatic nitrogens is 3. The monoisotopic (exact) mass is 196 g/mol. The van der Waals surface area contributed by atoms with Crippen molar-refractivity contribution < 1.29 is 0 Å². The lowest BCUT2D eigenvalue weighted by Crippen LogP contribution is -2.27. The summed E-state index contributed by atoms with van der Waals surface area (Å²) in [6.07, 6.45) is 3.49. The Bertz CT molecular complexity index is 348. The second-order valence-electron chi connectivity index (χ2n) is 3.63. The van der Waals surface area contributed by atoms with Gasteiger partial charge < -0.3 is 5.32 Å². The van der Waals surface area contributed by atoms with E-state index in [1.165, 1.54) is 17.5 Å². The fraction of sp³-hybridized carbons (Fsp3) is 0.778. The summed E-state index contributed by atoms with van der Waals surface area (Å²) in [5.74, 6) is 0.788. The number of hydrogen-bond donors (Lipinski definition) is 2. The van der Waals surface area contributed by atoms with Crippen molar-refractivity contribution in [2.45, 2.75) is 38.8 Å². The van der Waals surface area contributed by atoms with Crippen LogP contribution in [-0.2, 0) is 6.54 Å². The zero-order valence-electron chi connectivity index (χ0n) is 8.42. The minimum absolute atomic E-state index is 0.102. The molecule has 0 bridgehead atoms. The van der Waals surface area contributed by atoms with Crippen molar-refractivity contribution in [3.8, 4) is 0 Å². The van der Waals surface area contributed by atoms with E-state index >= 15 is 0 Å². The number of rotatable bonds is 2. The summed E-state index contributed by atoms with van der Waals surface area (Å²) in [5, 5.41) is 7.59. The molecular weight excluding hydrogens is 180 g/mol. The maximum absolute atomic E-state index is 11.3. The predicted octanol–water partition coefficient (Wildman–Crippen LogP) is 0.406. The van der Waals surface area contributed by atoms with E-state index in [1.54, 1.807) is 0 Å². The lowest BCUT2D eigenvalue weighted by molar-refractivity contribution is 0.395. The average Bonchev–Trinajstić information content (AvgIpc) is 2.61. The van der Waals surface area contributed by atoms with Gasteiger partial charge >= 0.3 is 5.69 Å². The Balaban J connectivity index is 2.18. The quantitative estimate of drug-likeness (QED) is 0.720. The van der Waals surface area contributed by atoms with Crippen molar-refractivity contribution >= 4 is 0 Å². The molecule has 78 valence electrons. The Hall–Kier alpha value is -1.10. The molecule has 0 radical (unpaired) electrons. The van der Waals surface area contributed by atoms with E-state index in [-0.39, 0.29) is 11.7 Å². The molecule has 1 atom stereocenters. The van der Waals surface area contributed by atoms with Gasteiger partial charge in [0.2, 0.25) is 0 Å². The number of nitrogens with one attached hydrogen (secondary N) is 2. The van der Waals surface area contributed by atoms with Crippen molar-refractivity contribution in [1.82, 2.24) is 20.1 Å². The first-order valence-corrected chi connectivity index (χ1v) is 5.21. The van der Waals surface area contributed by atoms with Crippen molar-refractivity contribution in [2.75, 3.05) is 6.54 Å². The highest BCUT2D eigenvalue weighted by Gasteiger charge is 2.18. The molecule has 1 fully saturated rings. The lowest BCUT2D eigenvalue weighted by atomic mass is 10.0. The molecule has 0 spiro atoms. The Morgan fingerprint density at radius 3 is 3.00 bits per heavy atom. The first kappa shape index (κ1) is 9.45. The maximum Gasteiger partial charge on any atom is 0.343 e. The van der Waals surface area contributed by atoms with Gasteiger partial charge in [0.25, 0.3) is 0 Å². The van der Waals surface area contributed by atoms with Crippen LogP contribution in [0.15, 0.2) is 4.79 Å². The molecule has 14 heavy (non-hydrogen) atoms. The first-order valence-electron chi connectivity index (χ1n) is 5.21. The summed E-state index contributed by atoms with van der Waals surface area (Å²) in [7, 11) is 0. The maximum atomic E-state index is 11.3. The molecule has 0 aliphatic carbocycles. The van der Waals surface area contributed by atoms with Gasteiger partial charge in [0.15, 0.2) is 0 Å². The van der Waals surface area contributed by atoms with Crippen LogP contribution >= 0.6 is 0 Å². The summed E-state index contributed by atoms with van der Waals surface area (Å²) in [6, 6.07) is 0.240. The molecule has 2 rings (SSSR count). The van der Waals surface area contributed by atoms with Gasteiger partial charge in [-0.15, -0.1) is 0 Å². The van der Waals surface area contributed by atoms with E-state index < -0.39 is 0 Å². The molecule has 1 aliphatic heterocycles. The van der Waals surface area contributed by atoms with E-state index in [4.69, 9.17) is 0 Å². The zero-order chi connectivity index (χ0) is 9.97. The van der Waals surface area contributed by atoms with E-state index in [0.29, 0.717) is 6.54 Å². The molecule has 0 saturated carbocycles. The summed E-state index contributed by atoms with van der Waals surface area (Å²) in [5.41, 5.74) is -0.102. The Morgan fingerprint density at radius 2 is 2.43 bits per heavy atom. The largest absolute Gasteiger partial charge is 0.343 e. The van der Waals surface area contributed by atoms with Crippen molar-refractivity contribution in [1.29, 1.82) is 0 Å². The Kier molecular flexibility index (Phi) is 2.67. The molecule has 1 aromatic heterocycles. The van der Waals surface area contributed by atoms with Crippen molar-refractivity contribution in [3.63, 3.8) is 0 Å². The number of hydrogen-bond acceptors (Lipinski definition) is 3. The molecular formula is C9H16N4O. The van der Waals surface area contributed by atoms with Crippen LogP contribution in [0.3, 0.4) is 0 Å². The van der Waals surface area contributed by atoms with Gasteiger partial charge in [-0.2, -0.15) is 5.10 Å². The first-order chi connectivity index (χ1) is 6.81. The number of nitrogens with zero attached hydrogens (tertiary/aromatic N) is 2. The molecule has 5 heteroatoms. The molecule has 2 heterocycles. The smallest absolute Gasteiger partial charge is 0.307 e. The molecule has 5 nitrogen and oxygen atoms in total. The molecule has 1 unspecified atom stereocenters. The summed E-state index contributed by atoms with van der Waals surface area (Å²) < 4.78 is 1.46. The third-order valence-corrected chi connectivity index (χ3v) is 2.64. The number of aryl methyl sites for hydroxylation is 1. The minimum Gasteiger partial charge on any atom is -0.307 e. The summed E-state index contributed by atoms with van der Waals surface area (Å²) in [6.45, 7) is 3.56. The van der Waals surface area contributed by atoms with Crippen LogP contribution in [0.5, 0.6) is 0 Å². The molecule has 1 aromatic rings. The van der Waals surface area contributed by atoms with Crippen LogP contribution in [-0.4, -0.2) is 21.3 Å². The second kappa shape index (κ2) is 3.96. The Labute approximate surface area is 82.5 Å². The molecule has 0 aromatic carbocycles. The van der Waals surface area contributed by atoms with Crippen LogP contribution in [0.4, 0.5) is 0 Å². The van der Waals surface area contributed by atoms with Crippen LogP contribution in [0.25, 0.3) is 0 Å². The van der Waals surface area contributed by atoms with E-state index in [1.807, 2.05) is 6.92 Å². The van der Waals surface area contributed by atoms with Gasteiger partial charge in [0, 0.05) is 6.54 Å². The average molecular weight is 196 g/mol. The number of H-pyrrole nitrogens is 1. The molecule has 1 saturated heterocycles. The second-order valence-corrected chi connectivity index (χ2v) is 3.63. The fourth-order valence-electron chi connectivity index (χ4n) is 1.83. The topological polar surface area (TPSA) is 62.7 Å². The van der Waals surface area contributed by atoms with Crippen molar-refractivity contribution in [3.05, 3.63) is 16.3 Å². The summed E-state index contributed by atoms with van der Waals surface area (Å²) >= 11 is 0. The highest BCUT2D eigenvalue weighted by molar-refractivity contribution is 4.93. The van der Waals surface area contributed by atoms with E-state index in [9.17, 15) is 4.79 Å². The van der Waals surface area contributed by atoms with Gasteiger partial charge in [0.1, 0.15) is 5.82 Å². The van der Waals surface area contributed by atoms with Crippen molar-refractivity contribution in [2.24, 2.45) is 0 Å². The lowest BCUT2D eigenvalue weighted by Gasteiger charge is -2.20. The number of aromatic amines is 1. The minimum atomic E-state index is -0.102. The van der Waals surface area contributed by atoms with Gasteiger partial charge in [-0.1, -0.05) is 6.42 Å². The van der Waals surface area contributed by atoms with E-state index in [0.717, 1.165) is 18.8 Å². The van der Waals surface area contributed by atoms with Gasteiger partial charge in [-0.05, 0) is 26.3 Å². The highest BCUT2D eigenvalue weighted by atomic mass is 16.1. The number of piperidine rings is 1. The van der Waals surface area contributed by atoms with Crippen LogP contribution in [0.1, 0.15) is 38.1 Å². The van der Waals surface area contributed by atoms with E-state index in [2.05, 4.69) is 15.4 Å². The van der Waals surface area contributed by atoms with Gasteiger partial charge in [-0.25, -0.2) is 9.48 Å². The Morgan fingerprint density at radius 1 is 1.57 bits per heavy atom. The molecule has 0 amide bonds. The summed E-state index contributed by atoms with van der Waals surface area (Å²) in [4.78, 5) is 14.1. The van der Waals surface area contributed by atoms with Crippen LogP contribution in [0, 0.1) is 0 Å². The molecule has 2 N–H and O–H groups in total.